The van der Waals surface area contributed by atoms with Crippen molar-refractivity contribution in [2.24, 2.45) is 0 Å². The number of nitrogens with zero attached hydrogens (tertiary/aromatic N) is 4. The van der Waals surface area contributed by atoms with Gasteiger partial charge in [-0.25, -0.2) is 9.36 Å². The van der Waals surface area contributed by atoms with Crippen molar-refractivity contribution in [3.8, 4) is 5.69 Å². The van der Waals surface area contributed by atoms with Crippen LogP contribution in [0.1, 0.15) is 5.56 Å². The summed E-state index contributed by atoms with van der Waals surface area (Å²) < 4.78 is 2.79. The quantitative estimate of drug-likeness (QED) is 0.560. The molecule has 0 bridgehead atoms. The van der Waals surface area contributed by atoms with E-state index in [0.717, 1.165) is 15.9 Å². The van der Waals surface area contributed by atoms with E-state index in [4.69, 9.17) is 0 Å². The fraction of sp³-hybridized carbons (Fsp3) is 0.143. The minimum atomic E-state index is -0.404. The summed E-state index contributed by atoms with van der Waals surface area (Å²) in [6, 6.07) is 16.2. The summed E-state index contributed by atoms with van der Waals surface area (Å²) in [7, 11) is 1.65. The topological polar surface area (TPSA) is 93.0 Å². The first-order chi connectivity index (χ1) is 14.0. The largest absolute Gasteiger partial charge is 0.340 e. The average Bonchev–Trinajstić information content (AvgIpc) is 3.21. The maximum absolute atomic E-state index is 12.6. The number of likely N-dealkylation sites (N-methyl/N-ethyl adjacent to an activating group) is 1. The predicted molar refractivity (Wildman–Crippen MR) is 109 cm³/mol. The molecule has 0 fully saturated rings. The lowest BCUT2D eigenvalue weighted by molar-refractivity contribution is -0.131. The molecule has 4 aromatic rings. The van der Waals surface area contributed by atoms with Crippen molar-refractivity contribution in [3.63, 3.8) is 0 Å². The number of amides is 1. The average molecular weight is 389 g/mol. The van der Waals surface area contributed by atoms with Crippen molar-refractivity contribution in [1.29, 1.82) is 0 Å². The van der Waals surface area contributed by atoms with Crippen LogP contribution in [0.2, 0.25) is 0 Å². The lowest BCUT2D eigenvalue weighted by Crippen LogP contribution is -2.37. The van der Waals surface area contributed by atoms with Crippen LogP contribution in [-0.2, 0) is 17.9 Å². The fourth-order valence-electron chi connectivity index (χ4n) is 3.14. The molecule has 0 spiro atoms. The van der Waals surface area contributed by atoms with Gasteiger partial charge in [-0.3, -0.25) is 19.5 Å². The first-order valence-electron chi connectivity index (χ1n) is 9.08. The summed E-state index contributed by atoms with van der Waals surface area (Å²) >= 11 is 0. The summed E-state index contributed by atoms with van der Waals surface area (Å²) in [6.45, 7) is 0.0838. The third-order valence-corrected chi connectivity index (χ3v) is 4.68. The summed E-state index contributed by atoms with van der Waals surface area (Å²) in [4.78, 5) is 38.8. The van der Waals surface area contributed by atoms with Gasteiger partial charge in [0.25, 0.3) is 11.1 Å². The van der Waals surface area contributed by atoms with Gasteiger partial charge in [0.2, 0.25) is 5.91 Å². The maximum Gasteiger partial charge on any atom is 0.273 e. The van der Waals surface area contributed by atoms with Crippen LogP contribution in [0.15, 0.2) is 76.6 Å². The third-order valence-electron chi connectivity index (χ3n) is 4.68. The molecular weight excluding hydrogens is 370 g/mol. The Bertz CT molecular complexity index is 1290. The van der Waals surface area contributed by atoms with Crippen molar-refractivity contribution in [2.75, 3.05) is 7.05 Å². The molecule has 2 aromatic carbocycles. The number of fused-ring (bicyclic) bond motifs is 1. The zero-order valence-corrected chi connectivity index (χ0v) is 15.8. The molecule has 29 heavy (non-hydrogen) atoms. The molecule has 8 nitrogen and oxygen atoms in total. The Morgan fingerprint density at radius 3 is 2.48 bits per heavy atom. The van der Waals surface area contributed by atoms with Gasteiger partial charge in [0, 0.05) is 25.4 Å². The molecule has 2 aromatic heterocycles. The van der Waals surface area contributed by atoms with Gasteiger partial charge >= 0.3 is 0 Å². The number of aromatic amines is 1. The van der Waals surface area contributed by atoms with Crippen LogP contribution < -0.4 is 11.1 Å². The third kappa shape index (κ3) is 3.73. The van der Waals surface area contributed by atoms with Gasteiger partial charge in [0.15, 0.2) is 0 Å². The van der Waals surface area contributed by atoms with E-state index in [-0.39, 0.29) is 17.8 Å². The molecule has 0 radical (unpaired) electrons. The van der Waals surface area contributed by atoms with E-state index in [1.165, 1.54) is 4.90 Å². The number of carbonyl (C=O) groups is 1. The van der Waals surface area contributed by atoms with Crippen LogP contribution in [0.25, 0.3) is 16.5 Å². The maximum atomic E-state index is 12.6. The van der Waals surface area contributed by atoms with Crippen LogP contribution in [0.4, 0.5) is 0 Å². The molecule has 0 aliphatic heterocycles. The second-order valence-corrected chi connectivity index (χ2v) is 6.76. The molecule has 0 saturated carbocycles. The Labute approximate surface area is 165 Å². The monoisotopic (exact) mass is 389 g/mol. The lowest BCUT2D eigenvalue weighted by Gasteiger charge is -2.17. The normalized spacial score (nSPS) is 10.9. The standard InChI is InChI=1S/C21H19N5O3/c1-24(12-15-11-22-25(13-15)16-7-3-2-4-8-16)19(27)14-26-21(29)18-10-6-5-9-17(18)20(28)23-26/h2-11,13H,12,14H2,1H3,(H,23,28). The number of para-hydroxylation sites is 1. The lowest BCUT2D eigenvalue weighted by atomic mass is 10.2. The molecule has 0 aliphatic carbocycles. The molecule has 1 N–H and O–H groups in total. The predicted octanol–water partition coefficient (Wildman–Crippen LogP) is 1.53. The minimum absolute atomic E-state index is 0.248. The highest BCUT2D eigenvalue weighted by Gasteiger charge is 2.14. The number of hydrogen-bond donors (Lipinski definition) is 1. The number of hydrogen-bond acceptors (Lipinski definition) is 4. The second kappa shape index (κ2) is 7.59. The highest BCUT2D eigenvalue weighted by Crippen LogP contribution is 2.09. The second-order valence-electron chi connectivity index (χ2n) is 6.76. The van der Waals surface area contributed by atoms with Crippen LogP contribution in [0.5, 0.6) is 0 Å². The Balaban J connectivity index is 1.50. The molecular formula is C21H19N5O3. The van der Waals surface area contributed by atoms with E-state index >= 15 is 0 Å². The van der Waals surface area contributed by atoms with Gasteiger partial charge in [0.1, 0.15) is 6.54 Å². The number of nitrogens with one attached hydrogen (secondary N) is 1. The number of carbonyl (C=O) groups excluding carboxylic acids is 1. The van der Waals surface area contributed by atoms with Gasteiger partial charge in [0.05, 0.1) is 22.7 Å². The van der Waals surface area contributed by atoms with E-state index < -0.39 is 11.1 Å². The molecule has 4 rings (SSSR count). The molecule has 8 heteroatoms. The number of aromatic nitrogens is 4. The number of rotatable bonds is 5. The van der Waals surface area contributed by atoms with Gasteiger partial charge in [-0.15, -0.1) is 0 Å². The first kappa shape index (κ1) is 18.4. The molecule has 0 saturated heterocycles. The van der Waals surface area contributed by atoms with Gasteiger partial charge in [-0.05, 0) is 24.3 Å². The van der Waals surface area contributed by atoms with Crippen LogP contribution in [-0.4, -0.2) is 37.4 Å². The van der Waals surface area contributed by atoms with Crippen LogP contribution in [0, 0.1) is 0 Å². The highest BCUT2D eigenvalue weighted by atomic mass is 16.2. The van der Waals surface area contributed by atoms with Crippen molar-refractivity contribution in [2.45, 2.75) is 13.1 Å². The van der Waals surface area contributed by atoms with E-state index in [1.54, 1.807) is 42.2 Å². The number of H-pyrrole nitrogens is 1. The van der Waals surface area contributed by atoms with Gasteiger partial charge < -0.3 is 4.90 Å². The van der Waals surface area contributed by atoms with Crippen LogP contribution in [0.3, 0.4) is 0 Å². The van der Waals surface area contributed by atoms with Crippen molar-refractivity contribution in [3.05, 3.63) is 93.3 Å². The van der Waals surface area contributed by atoms with Gasteiger partial charge in [-0.1, -0.05) is 30.3 Å². The Kier molecular flexibility index (Phi) is 4.82. The molecule has 1 amide bonds. The van der Waals surface area contributed by atoms with Crippen LogP contribution >= 0.6 is 0 Å². The fourth-order valence-corrected chi connectivity index (χ4v) is 3.14. The molecule has 0 unspecified atom stereocenters. The molecule has 2 heterocycles. The van der Waals surface area contributed by atoms with Gasteiger partial charge in [-0.2, -0.15) is 5.10 Å². The zero-order chi connectivity index (χ0) is 20.4. The zero-order valence-electron chi connectivity index (χ0n) is 15.8. The Morgan fingerprint density at radius 2 is 1.72 bits per heavy atom. The van der Waals surface area contributed by atoms with Crippen molar-refractivity contribution >= 4 is 16.7 Å². The summed E-state index contributed by atoms with van der Waals surface area (Å²) in [5.74, 6) is -0.300. The highest BCUT2D eigenvalue weighted by molar-refractivity contribution is 5.81. The van der Waals surface area contributed by atoms with E-state index in [2.05, 4.69) is 10.2 Å². The summed E-state index contributed by atoms with van der Waals surface area (Å²) in [5.41, 5.74) is 0.968. The summed E-state index contributed by atoms with van der Waals surface area (Å²) in [6.07, 6.45) is 3.55. The molecule has 0 atom stereocenters. The van der Waals surface area contributed by atoms with E-state index in [9.17, 15) is 14.4 Å². The Morgan fingerprint density at radius 1 is 1.03 bits per heavy atom. The first-order valence-corrected chi connectivity index (χ1v) is 9.08. The van der Waals surface area contributed by atoms with E-state index in [0.29, 0.717) is 11.9 Å². The molecule has 146 valence electrons. The van der Waals surface area contributed by atoms with E-state index in [1.807, 2.05) is 36.5 Å². The van der Waals surface area contributed by atoms with Crippen molar-refractivity contribution < 1.29 is 4.79 Å². The minimum Gasteiger partial charge on any atom is -0.340 e. The smallest absolute Gasteiger partial charge is 0.273 e. The Hall–Kier alpha value is -3.94. The SMILES string of the molecule is CN(Cc1cnn(-c2ccccc2)c1)C(=O)Cn1[nH]c(=O)c2ccccc2c1=O. The molecule has 0 aliphatic rings. The number of benzene rings is 2. The summed E-state index contributed by atoms with van der Waals surface area (Å²) in [5, 5.41) is 7.39. The van der Waals surface area contributed by atoms with Crippen molar-refractivity contribution in [1.82, 2.24) is 24.5 Å².